The third-order valence-corrected chi connectivity index (χ3v) is 0.739. The first-order valence-corrected chi connectivity index (χ1v) is 2.65. The normalized spacial score (nSPS) is 13.1. The molecule has 0 aliphatic heterocycles. The Morgan fingerprint density at radius 3 is 2.75 bits per heavy atom. The Labute approximate surface area is 50.1 Å². The number of hydrogen-bond acceptors (Lipinski definition) is 2. The van der Waals surface area contributed by atoms with E-state index in [-0.39, 0.29) is 0 Å². The molecule has 0 rings (SSSR count). The van der Waals surface area contributed by atoms with Gasteiger partial charge in [0.15, 0.2) is 0 Å². The molecular formula is C6H12N2. The highest BCUT2D eigenvalue weighted by Crippen LogP contribution is 1.75. The van der Waals surface area contributed by atoms with Crippen molar-refractivity contribution in [2.24, 2.45) is 10.7 Å². The lowest BCUT2D eigenvalue weighted by Gasteiger charge is -1.86. The molecule has 0 saturated heterocycles. The number of allylic oxidation sites excluding steroid dienone is 1. The molecule has 0 bridgehead atoms. The van der Waals surface area contributed by atoms with E-state index in [2.05, 4.69) is 4.99 Å². The van der Waals surface area contributed by atoms with Gasteiger partial charge in [0.25, 0.3) is 0 Å². The molecule has 2 N–H and O–H groups in total. The standard InChI is InChI=1S/C6H12N2/c1-3-4-8-6(2)5-7/h3-4H,5,7H2,1-2H3/b4-3-,8-6+. The SMILES string of the molecule is C/C=C\N=C(/C)CN. The van der Waals surface area contributed by atoms with Gasteiger partial charge in [0.05, 0.1) is 0 Å². The first-order valence-electron chi connectivity index (χ1n) is 2.65. The fourth-order valence-corrected chi connectivity index (χ4v) is 0.254. The van der Waals surface area contributed by atoms with Gasteiger partial charge in [-0.1, -0.05) is 6.08 Å². The highest BCUT2D eigenvalue weighted by atomic mass is 14.7. The summed E-state index contributed by atoms with van der Waals surface area (Å²) in [6.07, 6.45) is 3.61. The van der Waals surface area contributed by atoms with Crippen molar-refractivity contribution in [2.45, 2.75) is 13.8 Å². The van der Waals surface area contributed by atoms with Crippen LogP contribution in [0.15, 0.2) is 17.3 Å². The molecule has 0 saturated carbocycles. The molecule has 0 unspecified atom stereocenters. The summed E-state index contributed by atoms with van der Waals surface area (Å²) in [5.74, 6) is 0. The summed E-state index contributed by atoms with van der Waals surface area (Å²) in [5, 5.41) is 0. The van der Waals surface area contributed by atoms with Crippen LogP contribution in [-0.4, -0.2) is 12.3 Å². The van der Waals surface area contributed by atoms with Crippen LogP contribution in [0.25, 0.3) is 0 Å². The Morgan fingerprint density at radius 1 is 1.75 bits per heavy atom. The predicted molar refractivity (Wildman–Crippen MR) is 37.0 cm³/mol. The molecule has 2 nitrogen and oxygen atoms in total. The Bertz CT molecular complexity index is 103. The molecular weight excluding hydrogens is 100 g/mol. The van der Waals surface area contributed by atoms with Gasteiger partial charge in [0.2, 0.25) is 0 Å². The highest BCUT2D eigenvalue weighted by molar-refractivity contribution is 5.84. The summed E-state index contributed by atoms with van der Waals surface area (Å²) in [6.45, 7) is 4.37. The fraction of sp³-hybridized carbons (Fsp3) is 0.500. The minimum atomic E-state index is 0.546. The summed E-state index contributed by atoms with van der Waals surface area (Å²) in [5.41, 5.74) is 6.21. The maximum atomic E-state index is 5.25. The van der Waals surface area contributed by atoms with Gasteiger partial charge in [0, 0.05) is 18.5 Å². The third kappa shape index (κ3) is 3.56. The predicted octanol–water partition coefficient (Wildman–Crippen LogP) is 0.940. The van der Waals surface area contributed by atoms with E-state index in [1.54, 1.807) is 6.20 Å². The van der Waals surface area contributed by atoms with Crippen molar-refractivity contribution in [3.63, 3.8) is 0 Å². The van der Waals surface area contributed by atoms with Crippen LogP contribution in [0.2, 0.25) is 0 Å². The Balaban J connectivity index is 3.57. The zero-order valence-corrected chi connectivity index (χ0v) is 5.39. The van der Waals surface area contributed by atoms with Crippen molar-refractivity contribution >= 4 is 5.71 Å². The molecule has 46 valence electrons. The topological polar surface area (TPSA) is 38.4 Å². The van der Waals surface area contributed by atoms with Gasteiger partial charge in [-0.2, -0.15) is 0 Å². The molecule has 0 radical (unpaired) electrons. The van der Waals surface area contributed by atoms with Gasteiger partial charge in [-0.25, -0.2) is 0 Å². The molecule has 2 heteroatoms. The number of nitrogens with two attached hydrogens (primary N) is 1. The van der Waals surface area contributed by atoms with Crippen LogP contribution < -0.4 is 5.73 Å². The maximum absolute atomic E-state index is 5.25. The van der Waals surface area contributed by atoms with E-state index in [1.807, 2.05) is 19.9 Å². The minimum Gasteiger partial charge on any atom is -0.325 e. The molecule has 0 heterocycles. The van der Waals surface area contributed by atoms with E-state index in [1.165, 1.54) is 0 Å². The summed E-state index contributed by atoms with van der Waals surface area (Å²) < 4.78 is 0. The zero-order chi connectivity index (χ0) is 6.41. The highest BCUT2D eigenvalue weighted by Gasteiger charge is 1.77. The van der Waals surface area contributed by atoms with Gasteiger partial charge >= 0.3 is 0 Å². The van der Waals surface area contributed by atoms with Gasteiger partial charge in [0.1, 0.15) is 0 Å². The first kappa shape index (κ1) is 7.37. The molecule has 8 heavy (non-hydrogen) atoms. The smallest absolute Gasteiger partial charge is 0.0311 e. The average Bonchev–Trinajstić information content (AvgIpc) is 1.83. The molecule has 0 spiro atoms. The Hall–Kier alpha value is -0.630. The molecule has 0 aliphatic rings. The van der Waals surface area contributed by atoms with E-state index in [0.29, 0.717) is 6.54 Å². The quantitative estimate of drug-likeness (QED) is 0.530. The lowest BCUT2D eigenvalue weighted by molar-refractivity contribution is 1.27. The largest absolute Gasteiger partial charge is 0.325 e. The second-order valence-corrected chi connectivity index (χ2v) is 1.55. The molecule has 0 atom stereocenters. The molecule has 0 aromatic rings. The summed E-state index contributed by atoms with van der Waals surface area (Å²) in [7, 11) is 0. The lowest BCUT2D eigenvalue weighted by Crippen LogP contribution is -2.08. The van der Waals surface area contributed by atoms with Crippen LogP contribution >= 0.6 is 0 Å². The average molecular weight is 112 g/mol. The Kier molecular flexibility index (Phi) is 4.17. The van der Waals surface area contributed by atoms with Crippen LogP contribution in [-0.2, 0) is 0 Å². The van der Waals surface area contributed by atoms with Gasteiger partial charge in [-0.3, -0.25) is 4.99 Å². The molecule has 0 aromatic heterocycles. The monoisotopic (exact) mass is 112 g/mol. The molecule has 0 fully saturated rings. The van der Waals surface area contributed by atoms with E-state index in [9.17, 15) is 0 Å². The molecule has 0 amide bonds. The lowest BCUT2D eigenvalue weighted by atomic mass is 10.4. The van der Waals surface area contributed by atoms with Crippen LogP contribution in [0.3, 0.4) is 0 Å². The number of hydrogen-bond donors (Lipinski definition) is 1. The van der Waals surface area contributed by atoms with Crippen molar-refractivity contribution in [1.82, 2.24) is 0 Å². The molecule has 0 aliphatic carbocycles. The maximum Gasteiger partial charge on any atom is 0.0311 e. The number of aliphatic imine (C=N–C) groups is 1. The summed E-state index contributed by atoms with van der Waals surface area (Å²) in [6, 6.07) is 0. The van der Waals surface area contributed by atoms with E-state index >= 15 is 0 Å². The summed E-state index contributed by atoms with van der Waals surface area (Å²) in [4.78, 5) is 3.97. The van der Waals surface area contributed by atoms with Crippen molar-refractivity contribution in [3.05, 3.63) is 12.3 Å². The van der Waals surface area contributed by atoms with Crippen LogP contribution in [0.1, 0.15) is 13.8 Å². The van der Waals surface area contributed by atoms with Crippen LogP contribution in [0.4, 0.5) is 0 Å². The third-order valence-electron chi connectivity index (χ3n) is 0.739. The minimum absolute atomic E-state index is 0.546. The van der Waals surface area contributed by atoms with E-state index in [4.69, 9.17) is 5.73 Å². The van der Waals surface area contributed by atoms with Crippen molar-refractivity contribution in [2.75, 3.05) is 6.54 Å². The van der Waals surface area contributed by atoms with Crippen molar-refractivity contribution < 1.29 is 0 Å². The van der Waals surface area contributed by atoms with E-state index < -0.39 is 0 Å². The van der Waals surface area contributed by atoms with E-state index in [0.717, 1.165) is 5.71 Å². The second-order valence-electron chi connectivity index (χ2n) is 1.55. The van der Waals surface area contributed by atoms with Crippen LogP contribution in [0.5, 0.6) is 0 Å². The molecule has 0 aromatic carbocycles. The van der Waals surface area contributed by atoms with Crippen molar-refractivity contribution in [1.29, 1.82) is 0 Å². The van der Waals surface area contributed by atoms with Gasteiger partial charge < -0.3 is 5.73 Å². The fourth-order valence-electron chi connectivity index (χ4n) is 0.254. The van der Waals surface area contributed by atoms with Crippen molar-refractivity contribution in [3.8, 4) is 0 Å². The summed E-state index contributed by atoms with van der Waals surface area (Å²) >= 11 is 0. The van der Waals surface area contributed by atoms with Crippen LogP contribution in [0, 0.1) is 0 Å². The van der Waals surface area contributed by atoms with Gasteiger partial charge in [-0.15, -0.1) is 0 Å². The zero-order valence-electron chi connectivity index (χ0n) is 5.39. The number of rotatable bonds is 2. The number of nitrogens with zero attached hydrogens (tertiary/aromatic N) is 1. The first-order chi connectivity index (χ1) is 3.81. The Morgan fingerprint density at radius 2 is 2.38 bits per heavy atom. The van der Waals surface area contributed by atoms with Gasteiger partial charge in [-0.05, 0) is 13.8 Å². The second kappa shape index (κ2) is 4.53.